The second-order valence-electron chi connectivity index (χ2n) is 8.33. The Morgan fingerprint density at radius 3 is 2.52 bits per heavy atom. The summed E-state index contributed by atoms with van der Waals surface area (Å²) in [6, 6.07) is 19.5. The lowest BCUT2D eigenvalue weighted by molar-refractivity contribution is 0.0983. The molecule has 0 saturated heterocycles. The average molecular weight is 465 g/mol. The lowest BCUT2D eigenvalue weighted by atomic mass is 9.91. The van der Waals surface area contributed by atoms with Crippen LogP contribution in [0.3, 0.4) is 0 Å². The van der Waals surface area contributed by atoms with E-state index in [1.54, 1.807) is 41.3 Å². The van der Waals surface area contributed by atoms with E-state index < -0.39 is 10.0 Å². The number of methoxy groups -OCH3 is 1. The molecule has 1 amide bonds. The molecule has 0 N–H and O–H groups in total. The molecule has 4 rings (SSSR count). The number of fused-ring (bicyclic) bond motifs is 1. The number of aryl methyl sites for hydroxylation is 1. The van der Waals surface area contributed by atoms with Crippen molar-refractivity contribution in [3.05, 3.63) is 83.4 Å². The van der Waals surface area contributed by atoms with Crippen LogP contribution in [0.5, 0.6) is 5.75 Å². The Morgan fingerprint density at radius 2 is 1.76 bits per heavy atom. The van der Waals surface area contributed by atoms with Gasteiger partial charge in [0.05, 0.1) is 17.7 Å². The Labute approximate surface area is 195 Å². The smallest absolute Gasteiger partial charge is 0.264 e. The predicted molar refractivity (Wildman–Crippen MR) is 131 cm³/mol. The maximum atomic E-state index is 13.6. The molecule has 1 heterocycles. The molecule has 6 nitrogen and oxygen atoms in total. The minimum absolute atomic E-state index is 0.0588. The SMILES string of the molecule is COc1ccccc1N(C)S(=O)(=O)c1ccc(C)c(C(=O)N2CCC(C)c3ccccc32)c1. The van der Waals surface area contributed by atoms with E-state index in [0.717, 1.165) is 23.2 Å². The number of para-hydroxylation sites is 3. The van der Waals surface area contributed by atoms with Crippen LogP contribution in [0.4, 0.5) is 11.4 Å². The summed E-state index contributed by atoms with van der Waals surface area (Å²) >= 11 is 0. The highest BCUT2D eigenvalue weighted by Crippen LogP contribution is 2.36. The predicted octanol–water partition coefficient (Wildman–Crippen LogP) is 4.98. The zero-order valence-corrected chi connectivity index (χ0v) is 20.1. The molecule has 0 radical (unpaired) electrons. The summed E-state index contributed by atoms with van der Waals surface area (Å²) in [5, 5.41) is 0. The minimum atomic E-state index is -3.91. The van der Waals surface area contributed by atoms with Crippen molar-refractivity contribution >= 4 is 27.3 Å². The molecule has 1 aliphatic heterocycles. The number of sulfonamides is 1. The lowest BCUT2D eigenvalue weighted by Gasteiger charge is -2.33. The highest BCUT2D eigenvalue weighted by atomic mass is 32.2. The lowest BCUT2D eigenvalue weighted by Crippen LogP contribution is -2.37. The molecular formula is C26H28N2O4S. The van der Waals surface area contributed by atoms with Gasteiger partial charge in [0, 0.05) is 24.8 Å². The first-order valence-electron chi connectivity index (χ1n) is 10.9. The minimum Gasteiger partial charge on any atom is -0.495 e. The van der Waals surface area contributed by atoms with Crippen molar-refractivity contribution in [1.82, 2.24) is 0 Å². The molecular weight excluding hydrogens is 436 g/mol. The van der Waals surface area contributed by atoms with Gasteiger partial charge in [-0.3, -0.25) is 9.10 Å². The molecule has 0 aliphatic carbocycles. The third-order valence-electron chi connectivity index (χ3n) is 6.31. The van der Waals surface area contributed by atoms with E-state index >= 15 is 0 Å². The highest BCUT2D eigenvalue weighted by molar-refractivity contribution is 7.92. The zero-order valence-electron chi connectivity index (χ0n) is 19.3. The molecule has 0 aromatic heterocycles. The van der Waals surface area contributed by atoms with E-state index in [-0.39, 0.29) is 10.8 Å². The van der Waals surface area contributed by atoms with Crippen LogP contribution in [-0.2, 0) is 10.0 Å². The summed E-state index contributed by atoms with van der Waals surface area (Å²) in [6.07, 6.45) is 0.857. The van der Waals surface area contributed by atoms with E-state index in [0.29, 0.717) is 29.5 Å². The van der Waals surface area contributed by atoms with Gasteiger partial charge in [0.15, 0.2) is 0 Å². The topological polar surface area (TPSA) is 66.9 Å². The number of rotatable bonds is 5. The second kappa shape index (κ2) is 8.90. The van der Waals surface area contributed by atoms with E-state index in [1.807, 2.05) is 25.1 Å². The monoisotopic (exact) mass is 464 g/mol. The van der Waals surface area contributed by atoms with Crippen LogP contribution in [0.25, 0.3) is 0 Å². The van der Waals surface area contributed by atoms with Gasteiger partial charge in [0.25, 0.3) is 15.9 Å². The molecule has 3 aromatic carbocycles. The average Bonchev–Trinajstić information content (AvgIpc) is 2.83. The number of hydrogen-bond donors (Lipinski definition) is 0. The standard InChI is InChI=1S/C26H28N2O4S/c1-18-13-14-20(33(30,31)27(3)24-11-7-8-12-25(24)32-4)17-22(18)26(29)28-16-15-19(2)21-9-5-6-10-23(21)28/h5-14,17,19H,15-16H2,1-4H3. The first-order chi connectivity index (χ1) is 15.8. The Bertz CT molecular complexity index is 1300. The van der Waals surface area contributed by atoms with Crippen molar-refractivity contribution in [2.24, 2.45) is 0 Å². The maximum absolute atomic E-state index is 13.6. The number of carbonyl (C=O) groups is 1. The summed E-state index contributed by atoms with van der Waals surface area (Å²) in [5.74, 6) is 0.627. The van der Waals surface area contributed by atoms with Crippen molar-refractivity contribution < 1.29 is 17.9 Å². The van der Waals surface area contributed by atoms with Gasteiger partial charge in [0.1, 0.15) is 5.75 Å². The van der Waals surface area contributed by atoms with Crippen LogP contribution >= 0.6 is 0 Å². The fourth-order valence-corrected chi connectivity index (χ4v) is 5.51. The van der Waals surface area contributed by atoms with Gasteiger partial charge in [0.2, 0.25) is 0 Å². The fourth-order valence-electron chi connectivity index (χ4n) is 4.27. The molecule has 0 bridgehead atoms. The third kappa shape index (κ3) is 4.09. The summed E-state index contributed by atoms with van der Waals surface area (Å²) in [6.45, 7) is 4.58. The quantitative estimate of drug-likeness (QED) is 0.534. The molecule has 0 saturated carbocycles. The van der Waals surface area contributed by atoms with Crippen LogP contribution in [-0.4, -0.2) is 35.0 Å². The molecule has 0 fully saturated rings. The number of anilines is 2. The summed E-state index contributed by atoms with van der Waals surface area (Å²) in [7, 11) is -0.933. The van der Waals surface area contributed by atoms with E-state index in [4.69, 9.17) is 4.74 Å². The van der Waals surface area contributed by atoms with Crippen molar-refractivity contribution in [3.63, 3.8) is 0 Å². The fraction of sp³-hybridized carbons (Fsp3) is 0.269. The van der Waals surface area contributed by atoms with Crippen LogP contribution in [0.15, 0.2) is 71.6 Å². The highest BCUT2D eigenvalue weighted by Gasteiger charge is 2.30. The Balaban J connectivity index is 1.73. The molecule has 33 heavy (non-hydrogen) atoms. The summed E-state index contributed by atoms with van der Waals surface area (Å²) in [5.41, 5.74) is 3.56. The Kier molecular flexibility index (Phi) is 6.17. The molecule has 0 spiro atoms. The summed E-state index contributed by atoms with van der Waals surface area (Å²) < 4.78 is 33.4. The molecule has 3 aromatic rings. The van der Waals surface area contributed by atoms with Gasteiger partial charge >= 0.3 is 0 Å². The molecule has 172 valence electrons. The van der Waals surface area contributed by atoms with Crippen LogP contribution in [0.1, 0.15) is 40.7 Å². The molecule has 1 unspecified atom stereocenters. The number of hydrogen-bond acceptors (Lipinski definition) is 4. The maximum Gasteiger partial charge on any atom is 0.264 e. The number of nitrogens with zero attached hydrogens (tertiary/aromatic N) is 2. The third-order valence-corrected chi connectivity index (χ3v) is 8.08. The number of benzene rings is 3. The normalized spacial score (nSPS) is 15.6. The van der Waals surface area contributed by atoms with Gasteiger partial charge in [-0.25, -0.2) is 8.42 Å². The van der Waals surface area contributed by atoms with Gasteiger partial charge in [-0.15, -0.1) is 0 Å². The molecule has 7 heteroatoms. The Hall–Kier alpha value is -3.32. The number of amides is 1. The molecule has 1 aliphatic rings. The zero-order chi connectivity index (χ0) is 23.8. The van der Waals surface area contributed by atoms with Gasteiger partial charge in [-0.05, 0) is 60.7 Å². The van der Waals surface area contributed by atoms with Gasteiger partial charge in [-0.2, -0.15) is 0 Å². The van der Waals surface area contributed by atoms with E-state index in [1.165, 1.54) is 24.5 Å². The van der Waals surface area contributed by atoms with Crippen LogP contribution < -0.4 is 13.9 Å². The van der Waals surface area contributed by atoms with Crippen molar-refractivity contribution in [2.75, 3.05) is 29.9 Å². The van der Waals surface area contributed by atoms with Crippen molar-refractivity contribution in [3.8, 4) is 5.75 Å². The van der Waals surface area contributed by atoms with Crippen LogP contribution in [0, 0.1) is 6.92 Å². The van der Waals surface area contributed by atoms with Crippen molar-refractivity contribution in [2.45, 2.75) is 31.1 Å². The van der Waals surface area contributed by atoms with Crippen LogP contribution in [0.2, 0.25) is 0 Å². The second-order valence-corrected chi connectivity index (χ2v) is 10.3. The Morgan fingerprint density at radius 1 is 1.06 bits per heavy atom. The van der Waals surface area contributed by atoms with Crippen molar-refractivity contribution in [1.29, 1.82) is 0 Å². The largest absolute Gasteiger partial charge is 0.495 e. The molecule has 1 atom stereocenters. The first-order valence-corrected chi connectivity index (χ1v) is 12.3. The van der Waals surface area contributed by atoms with Gasteiger partial charge in [-0.1, -0.05) is 43.3 Å². The van der Waals surface area contributed by atoms with E-state index in [2.05, 4.69) is 13.0 Å². The summed E-state index contributed by atoms with van der Waals surface area (Å²) in [4.78, 5) is 15.4. The number of carbonyl (C=O) groups excluding carboxylic acids is 1. The first kappa shape index (κ1) is 22.9. The van der Waals surface area contributed by atoms with E-state index in [9.17, 15) is 13.2 Å². The number of ether oxygens (including phenoxy) is 1. The van der Waals surface area contributed by atoms with Gasteiger partial charge < -0.3 is 9.64 Å².